The highest BCUT2D eigenvalue weighted by Gasteiger charge is 2.18. The van der Waals surface area contributed by atoms with E-state index < -0.39 is 0 Å². The number of Topliss-reactive ketones (excluding diaryl/α,β-unsaturated/α-hetero) is 1. The summed E-state index contributed by atoms with van der Waals surface area (Å²) in [6.07, 6.45) is 1.44. The Hall–Kier alpha value is -0.490. The van der Waals surface area contributed by atoms with Gasteiger partial charge in [0.1, 0.15) is 5.78 Å². The smallest absolute Gasteiger partial charge is 0.135 e. The Kier molecular flexibility index (Phi) is 10.7. The SMILES string of the molecule is CC(C)C(=O)CCCOCCOCCN1CCN(C(C)C)CC1. The predicted octanol–water partition coefficient (Wildman–Crippen LogP) is 2.05. The molecule has 0 bridgehead atoms. The number of piperazine rings is 1. The van der Waals surface area contributed by atoms with Crippen LogP contribution in [0.2, 0.25) is 0 Å². The summed E-state index contributed by atoms with van der Waals surface area (Å²) in [4.78, 5) is 16.4. The molecule has 1 aliphatic rings. The van der Waals surface area contributed by atoms with Gasteiger partial charge in [0.2, 0.25) is 0 Å². The average molecular weight is 328 g/mol. The molecule has 0 atom stereocenters. The molecule has 0 aromatic rings. The summed E-state index contributed by atoms with van der Waals surface area (Å²) in [6.45, 7) is 16.7. The molecule has 1 rings (SSSR count). The van der Waals surface area contributed by atoms with Crippen molar-refractivity contribution in [3.05, 3.63) is 0 Å². The molecule has 0 aromatic heterocycles. The summed E-state index contributed by atoms with van der Waals surface area (Å²) in [5.41, 5.74) is 0. The molecular weight excluding hydrogens is 292 g/mol. The monoisotopic (exact) mass is 328 g/mol. The lowest BCUT2D eigenvalue weighted by Gasteiger charge is -2.36. The second-order valence-corrected chi connectivity index (χ2v) is 6.92. The van der Waals surface area contributed by atoms with Crippen molar-refractivity contribution in [1.82, 2.24) is 9.80 Å². The van der Waals surface area contributed by atoms with E-state index in [0.29, 0.717) is 38.1 Å². The highest BCUT2D eigenvalue weighted by molar-refractivity contribution is 5.80. The molecule has 0 radical (unpaired) electrons. The zero-order valence-corrected chi connectivity index (χ0v) is 15.6. The Bertz CT molecular complexity index is 313. The molecule has 1 aliphatic heterocycles. The summed E-state index contributed by atoms with van der Waals surface area (Å²) in [5.74, 6) is 0.461. The van der Waals surface area contributed by atoms with Crippen molar-refractivity contribution >= 4 is 5.78 Å². The lowest BCUT2D eigenvalue weighted by atomic mass is 10.1. The molecule has 0 aromatic carbocycles. The molecule has 1 fully saturated rings. The minimum Gasteiger partial charge on any atom is -0.379 e. The van der Waals surface area contributed by atoms with E-state index in [0.717, 1.165) is 45.8 Å². The number of hydrogen-bond acceptors (Lipinski definition) is 5. The fourth-order valence-corrected chi connectivity index (χ4v) is 2.66. The average Bonchev–Trinajstić information content (AvgIpc) is 2.53. The Morgan fingerprint density at radius 3 is 2.09 bits per heavy atom. The third-order valence-electron chi connectivity index (χ3n) is 4.42. The summed E-state index contributed by atoms with van der Waals surface area (Å²) >= 11 is 0. The second kappa shape index (κ2) is 12.0. The number of carbonyl (C=O) groups is 1. The van der Waals surface area contributed by atoms with Gasteiger partial charge < -0.3 is 9.47 Å². The quantitative estimate of drug-likeness (QED) is 0.513. The molecule has 136 valence electrons. The molecule has 1 heterocycles. The maximum absolute atomic E-state index is 11.4. The number of ether oxygens (including phenoxy) is 2. The van der Waals surface area contributed by atoms with Crippen LogP contribution in [0.25, 0.3) is 0 Å². The lowest BCUT2D eigenvalue weighted by molar-refractivity contribution is -0.122. The van der Waals surface area contributed by atoms with Crippen LogP contribution in [-0.4, -0.2) is 80.8 Å². The highest BCUT2D eigenvalue weighted by atomic mass is 16.5. The third kappa shape index (κ3) is 9.40. The third-order valence-corrected chi connectivity index (χ3v) is 4.42. The van der Waals surface area contributed by atoms with Crippen molar-refractivity contribution < 1.29 is 14.3 Å². The Balaban J connectivity index is 1.86. The predicted molar refractivity (Wildman–Crippen MR) is 93.9 cm³/mol. The zero-order valence-electron chi connectivity index (χ0n) is 15.6. The van der Waals surface area contributed by atoms with Gasteiger partial charge in [-0.1, -0.05) is 13.8 Å². The Labute approximate surface area is 142 Å². The molecule has 5 nitrogen and oxygen atoms in total. The van der Waals surface area contributed by atoms with Crippen LogP contribution in [0.3, 0.4) is 0 Å². The van der Waals surface area contributed by atoms with Gasteiger partial charge in [-0.05, 0) is 20.3 Å². The fraction of sp³-hybridized carbons (Fsp3) is 0.944. The van der Waals surface area contributed by atoms with Crippen molar-refractivity contribution in [2.24, 2.45) is 5.92 Å². The molecule has 0 aliphatic carbocycles. The Morgan fingerprint density at radius 2 is 1.52 bits per heavy atom. The van der Waals surface area contributed by atoms with Crippen LogP contribution < -0.4 is 0 Å². The van der Waals surface area contributed by atoms with Gasteiger partial charge in [0.25, 0.3) is 0 Å². The van der Waals surface area contributed by atoms with Crippen molar-refractivity contribution in [3.63, 3.8) is 0 Å². The second-order valence-electron chi connectivity index (χ2n) is 6.92. The molecule has 0 spiro atoms. The molecule has 0 unspecified atom stereocenters. The number of hydrogen-bond donors (Lipinski definition) is 0. The van der Waals surface area contributed by atoms with Gasteiger partial charge in [-0.2, -0.15) is 0 Å². The van der Waals surface area contributed by atoms with Gasteiger partial charge in [-0.25, -0.2) is 0 Å². The maximum Gasteiger partial charge on any atom is 0.135 e. The van der Waals surface area contributed by atoms with Crippen molar-refractivity contribution in [1.29, 1.82) is 0 Å². The highest BCUT2D eigenvalue weighted by Crippen LogP contribution is 2.05. The van der Waals surface area contributed by atoms with Gasteiger partial charge in [-0.3, -0.25) is 14.6 Å². The maximum atomic E-state index is 11.4. The minimum atomic E-state index is 0.140. The van der Waals surface area contributed by atoms with E-state index in [4.69, 9.17) is 9.47 Å². The lowest BCUT2D eigenvalue weighted by Crippen LogP contribution is -2.49. The molecule has 0 N–H and O–H groups in total. The molecule has 1 saturated heterocycles. The molecular formula is C18H36N2O3. The fourth-order valence-electron chi connectivity index (χ4n) is 2.66. The first-order valence-corrected chi connectivity index (χ1v) is 9.15. The van der Waals surface area contributed by atoms with E-state index in [-0.39, 0.29) is 5.92 Å². The van der Waals surface area contributed by atoms with E-state index in [1.807, 2.05) is 13.8 Å². The van der Waals surface area contributed by atoms with Crippen molar-refractivity contribution in [2.75, 3.05) is 59.2 Å². The molecule has 0 amide bonds. The molecule has 23 heavy (non-hydrogen) atoms. The number of rotatable bonds is 12. The van der Waals surface area contributed by atoms with E-state index >= 15 is 0 Å². The van der Waals surface area contributed by atoms with Crippen molar-refractivity contribution in [2.45, 2.75) is 46.6 Å². The number of carbonyl (C=O) groups excluding carboxylic acids is 1. The van der Waals surface area contributed by atoms with Gasteiger partial charge in [-0.15, -0.1) is 0 Å². The first-order valence-electron chi connectivity index (χ1n) is 9.15. The normalized spacial score (nSPS) is 17.3. The van der Waals surface area contributed by atoms with E-state index in [2.05, 4.69) is 23.6 Å². The Morgan fingerprint density at radius 1 is 0.913 bits per heavy atom. The van der Waals surface area contributed by atoms with Crippen LogP contribution in [-0.2, 0) is 14.3 Å². The number of ketones is 1. The standard InChI is InChI=1S/C18H36N2O3/c1-16(2)18(21)6-5-12-22-14-15-23-13-11-19-7-9-20(10-8-19)17(3)4/h16-17H,5-15H2,1-4H3. The summed E-state index contributed by atoms with van der Waals surface area (Å²) in [6, 6.07) is 0.654. The van der Waals surface area contributed by atoms with Gasteiger partial charge in [0, 0.05) is 57.7 Å². The summed E-state index contributed by atoms with van der Waals surface area (Å²) in [7, 11) is 0. The first kappa shape index (κ1) is 20.6. The number of nitrogens with zero attached hydrogens (tertiary/aromatic N) is 2. The van der Waals surface area contributed by atoms with Crippen LogP contribution in [0, 0.1) is 5.92 Å². The van der Waals surface area contributed by atoms with Gasteiger partial charge >= 0.3 is 0 Å². The first-order chi connectivity index (χ1) is 11.0. The van der Waals surface area contributed by atoms with Gasteiger partial charge in [0.15, 0.2) is 0 Å². The minimum absolute atomic E-state index is 0.140. The van der Waals surface area contributed by atoms with E-state index in [9.17, 15) is 4.79 Å². The van der Waals surface area contributed by atoms with Crippen LogP contribution in [0.15, 0.2) is 0 Å². The van der Waals surface area contributed by atoms with Crippen molar-refractivity contribution in [3.8, 4) is 0 Å². The largest absolute Gasteiger partial charge is 0.379 e. The molecule has 5 heteroatoms. The zero-order chi connectivity index (χ0) is 17.1. The van der Waals surface area contributed by atoms with Crippen LogP contribution in [0.4, 0.5) is 0 Å². The van der Waals surface area contributed by atoms with Crippen LogP contribution in [0.5, 0.6) is 0 Å². The van der Waals surface area contributed by atoms with E-state index in [1.165, 1.54) is 0 Å². The summed E-state index contributed by atoms with van der Waals surface area (Å²) < 4.78 is 11.1. The van der Waals surface area contributed by atoms with Crippen LogP contribution in [0.1, 0.15) is 40.5 Å². The topological polar surface area (TPSA) is 42.0 Å². The van der Waals surface area contributed by atoms with Crippen LogP contribution >= 0.6 is 0 Å². The van der Waals surface area contributed by atoms with E-state index in [1.54, 1.807) is 0 Å². The molecule has 0 saturated carbocycles. The summed E-state index contributed by atoms with van der Waals surface area (Å²) in [5, 5.41) is 0. The van der Waals surface area contributed by atoms with Gasteiger partial charge in [0.05, 0.1) is 19.8 Å².